The molecule has 108 valence electrons. The molecule has 2 heterocycles. The number of anilines is 1. The molecule has 0 saturated heterocycles. The zero-order valence-corrected chi connectivity index (χ0v) is 11.0. The highest BCUT2D eigenvalue weighted by Gasteiger charge is 2.25. The summed E-state index contributed by atoms with van der Waals surface area (Å²) in [6, 6.07) is 3.85. The molecule has 9 nitrogen and oxygen atoms in total. The van der Waals surface area contributed by atoms with Gasteiger partial charge in [0.1, 0.15) is 6.33 Å². The molecule has 21 heavy (non-hydrogen) atoms. The third-order valence-electron chi connectivity index (χ3n) is 3.40. The largest absolute Gasteiger partial charge is 0.398 e. The van der Waals surface area contributed by atoms with Crippen molar-refractivity contribution in [2.24, 2.45) is 0 Å². The van der Waals surface area contributed by atoms with Crippen molar-refractivity contribution in [1.82, 2.24) is 19.7 Å². The zero-order chi connectivity index (χ0) is 15.0. The lowest BCUT2D eigenvalue weighted by Crippen LogP contribution is -2.38. The molecule has 2 aromatic rings. The number of nitro groups is 1. The van der Waals surface area contributed by atoms with Gasteiger partial charge in [-0.15, -0.1) is 10.2 Å². The fourth-order valence-corrected chi connectivity index (χ4v) is 2.25. The topological polar surface area (TPSA) is 120 Å². The maximum atomic E-state index is 12.5. The van der Waals surface area contributed by atoms with Crippen molar-refractivity contribution in [2.75, 3.05) is 12.3 Å². The SMILES string of the molecule is Nc1ccc([N+](=O)[O-])cc1C(=O)N1CCn2cnnc2C1. The molecular formula is C12H12N6O3. The van der Waals surface area contributed by atoms with E-state index < -0.39 is 4.92 Å². The molecule has 2 N–H and O–H groups in total. The molecule has 3 rings (SSSR count). The Morgan fingerprint density at radius 1 is 1.38 bits per heavy atom. The molecule has 0 saturated carbocycles. The lowest BCUT2D eigenvalue weighted by atomic mass is 10.1. The first-order valence-corrected chi connectivity index (χ1v) is 6.26. The standard InChI is InChI=1S/C12H12N6O3/c13-10-2-1-8(18(20)21)5-9(10)12(19)16-3-4-17-7-14-15-11(17)6-16/h1-2,5,7H,3-4,6,13H2. The molecule has 1 aromatic heterocycles. The third-order valence-corrected chi connectivity index (χ3v) is 3.40. The predicted molar refractivity (Wildman–Crippen MR) is 72.3 cm³/mol. The first kappa shape index (κ1) is 13.0. The highest BCUT2D eigenvalue weighted by Crippen LogP contribution is 2.22. The Labute approximate surface area is 119 Å². The van der Waals surface area contributed by atoms with Gasteiger partial charge in [0.25, 0.3) is 11.6 Å². The number of hydrogen-bond donors (Lipinski definition) is 1. The van der Waals surface area contributed by atoms with Gasteiger partial charge in [-0.3, -0.25) is 14.9 Å². The first-order chi connectivity index (χ1) is 10.1. The van der Waals surface area contributed by atoms with Crippen LogP contribution in [0.25, 0.3) is 0 Å². The Morgan fingerprint density at radius 3 is 2.95 bits per heavy atom. The van der Waals surface area contributed by atoms with Crippen LogP contribution in [0.2, 0.25) is 0 Å². The minimum absolute atomic E-state index is 0.136. The van der Waals surface area contributed by atoms with E-state index >= 15 is 0 Å². The monoisotopic (exact) mass is 288 g/mol. The molecule has 0 unspecified atom stereocenters. The van der Waals surface area contributed by atoms with Crippen molar-refractivity contribution in [2.45, 2.75) is 13.1 Å². The molecule has 0 bridgehead atoms. The molecule has 1 amide bonds. The van der Waals surface area contributed by atoms with Gasteiger partial charge in [-0.2, -0.15) is 0 Å². The number of carbonyl (C=O) groups is 1. The van der Waals surface area contributed by atoms with Crippen molar-refractivity contribution in [1.29, 1.82) is 0 Å². The Balaban J connectivity index is 1.89. The summed E-state index contributed by atoms with van der Waals surface area (Å²) in [5, 5.41) is 18.5. The number of nitrogen functional groups attached to an aromatic ring is 1. The van der Waals surface area contributed by atoms with E-state index in [1.54, 1.807) is 11.2 Å². The number of amides is 1. The number of carbonyl (C=O) groups excluding carboxylic acids is 1. The van der Waals surface area contributed by atoms with Gasteiger partial charge in [0.15, 0.2) is 5.82 Å². The maximum absolute atomic E-state index is 12.5. The number of fused-ring (bicyclic) bond motifs is 1. The van der Waals surface area contributed by atoms with Crippen molar-refractivity contribution in [3.8, 4) is 0 Å². The smallest absolute Gasteiger partial charge is 0.270 e. The number of nitrogens with two attached hydrogens (primary N) is 1. The van der Waals surface area contributed by atoms with E-state index in [2.05, 4.69) is 10.2 Å². The summed E-state index contributed by atoms with van der Waals surface area (Å²) in [5.41, 5.74) is 5.97. The second kappa shape index (κ2) is 4.85. The van der Waals surface area contributed by atoms with Gasteiger partial charge < -0.3 is 15.2 Å². The van der Waals surface area contributed by atoms with E-state index in [1.807, 2.05) is 4.57 Å². The lowest BCUT2D eigenvalue weighted by Gasteiger charge is -2.27. The molecular weight excluding hydrogens is 276 g/mol. The number of rotatable bonds is 2. The zero-order valence-electron chi connectivity index (χ0n) is 11.0. The highest BCUT2D eigenvalue weighted by molar-refractivity contribution is 5.99. The van der Waals surface area contributed by atoms with Crippen molar-refractivity contribution in [3.05, 3.63) is 46.0 Å². The van der Waals surface area contributed by atoms with Gasteiger partial charge in [-0.05, 0) is 6.07 Å². The fraction of sp³-hybridized carbons (Fsp3) is 0.250. The van der Waals surface area contributed by atoms with Crippen LogP contribution in [0, 0.1) is 10.1 Å². The fourth-order valence-electron chi connectivity index (χ4n) is 2.25. The van der Waals surface area contributed by atoms with Crippen LogP contribution in [-0.2, 0) is 13.1 Å². The molecule has 0 radical (unpaired) electrons. The summed E-state index contributed by atoms with van der Waals surface area (Å²) in [4.78, 5) is 24.3. The van der Waals surface area contributed by atoms with Crippen molar-refractivity contribution < 1.29 is 9.72 Å². The van der Waals surface area contributed by atoms with Crippen LogP contribution < -0.4 is 5.73 Å². The van der Waals surface area contributed by atoms with Crippen LogP contribution in [0.1, 0.15) is 16.2 Å². The number of nitro benzene ring substituents is 1. The predicted octanol–water partition coefficient (Wildman–Crippen LogP) is 0.424. The van der Waals surface area contributed by atoms with Crippen LogP contribution in [-0.4, -0.2) is 37.0 Å². The Kier molecular flexibility index (Phi) is 3.01. The van der Waals surface area contributed by atoms with Gasteiger partial charge in [-0.1, -0.05) is 0 Å². The van der Waals surface area contributed by atoms with Crippen molar-refractivity contribution in [3.63, 3.8) is 0 Å². The third kappa shape index (κ3) is 2.29. The first-order valence-electron chi connectivity index (χ1n) is 6.26. The molecule has 0 spiro atoms. The van der Waals surface area contributed by atoms with Gasteiger partial charge in [0.05, 0.1) is 17.0 Å². The summed E-state index contributed by atoms with van der Waals surface area (Å²) >= 11 is 0. The second-order valence-corrected chi connectivity index (χ2v) is 4.70. The van der Waals surface area contributed by atoms with E-state index in [0.29, 0.717) is 25.5 Å². The number of aromatic nitrogens is 3. The molecule has 9 heteroatoms. The summed E-state index contributed by atoms with van der Waals surface area (Å²) in [6.07, 6.45) is 1.61. The number of non-ortho nitro benzene ring substituents is 1. The van der Waals surface area contributed by atoms with Gasteiger partial charge >= 0.3 is 0 Å². The van der Waals surface area contributed by atoms with Crippen LogP contribution in [0.4, 0.5) is 11.4 Å². The van der Waals surface area contributed by atoms with E-state index in [1.165, 1.54) is 18.2 Å². The minimum atomic E-state index is -0.553. The highest BCUT2D eigenvalue weighted by atomic mass is 16.6. The summed E-state index contributed by atoms with van der Waals surface area (Å²) < 4.78 is 1.86. The number of benzene rings is 1. The maximum Gasteiger partial charge on any atom is 0.270 e. The summed E-state index contributed by atoms with van der Waals surface area (Å²) in [6.45, 7) is 1.37. The van der Waals surface area contributed by atoms with E-state index in [9.17, 15) is 14.9 Å². The molecule has 0 fully saturated rings. The molecule has 1 aromatic carbocycles. The van der Waals surface area contributed by atoms with Crippen LogP contribution in [0.5, 0.6) is 0 Å². The Morgan fingerprint density at radius 2 is 2.19 bits per heavy atom. The normalized spacial score (nSPS) is 13.8. The molecule has 0 atom stereocenters. The average Bonchev–Trinajstić information content (AvgIpc) is 2.94. The quantitative estimate of drug-likeness (QED) is 0.486. The summed E-state index contributed by atoms with van der Waals surface area (Å²) in [7, 11) is 0. The van der Waals surface area contributed by atoms with E-state index in [0.717, 1.165) is 0 Å². The van der Waals surface area contributed by atoms with Crippen LogP contribution in [0.15, 0.2) is 24.5 Å². The average molecular weight is 288 g/mol. The number of hydrogen-bond acceptors (Lipinski definition) is 6. The molecule has 1 aliphatic heterocycles. The molecule has 1 aliphatic rings. The Hall–Kier alpha value is -2.97. The van der Waals surface area contributed by atoms with Crippen LogP contribution in [0.3, 0.4) is 0 Å². The van der Waals surface area contributed by atoms with E-state index in [-0.39, 0.29) is 22.8 Å². The minimum Gasteiger partial charge on any atom is -0.398 e. The van der Waals surface area contributed by atoms with Gasteiger partial charge in [0, 0.05) is 30.9 Å². The van der Waals surface area contributed by atoms with Crippen molar-refractivity contribution >= 4 is 17.3 Å². The van der Waals surface area contributed by atoms with Gasteiger partial charge in [-0.25, -0.2) is 0 Å². The van der Waals surface area contributed by atoms with Gasteiger partial charge in [0.2, 0.25) is 0 Å². The van der Waals surface area contributed by atoms with E-state index in [4.69, 9.17) is 5.73 Å². The summed E-state index contributed by atoms with van der Waals surface area (Å²) in [5.74, 6) is 0.337. The lowest BCUT2D eigenvalue weighted by molar-refractivity contribution is -0.384. The molecule has 0 aliphatic carbocycles. The number of nitrogens with zero attached hydrogens (tertiary/aromatic N) is 5. The van der Waals surface area contributed by atoms with Crippen LogP contribution >= 0.6 is 0 Å². The Bertz CT molecular complexity index is 726. The second-order valence-electron chi connectivity index (χ2n) is 4.70.